The largest absolute Gasteiger partial charge is 0.504 e. The lowest BCUT2D eigenvalue weighted by molar-refractivity contribution is 0.0992. The van der Waals surface area contributed by atoms with Gasteiger partial charge in [-0.05, 0) is 24.1 Å². The molecule has 0 atom stereocenters. The van der Waals surface area contributed by atoms with Gasteiger partial charge < -0.3 is 9.84 Å². The zero-order chi connectivity index (χ0) is 15.2. The normalized spacial score (nSPS) is 10.1. The predicted molar refractivity (Wildman–Crippen MR) is 83.0 cm³/mol. The van der Waals surface area contributed by atoms with Crippen LogP contribution in [0.4, 0.5) is 0 Å². The fraction of sp³-hybridized carbons (Fsp3) is 0.167. The number of ether oxygens (including phenoxy) is 1. The first-order valence-electron chi connectivity index (χ1n) is 6.73. The number of benzene rings is 2. The molecule has 0 bridgehead atoms. The van der Waals surface area contributed by atoms with Gasteiger partial charge in [0, 0.05) is 17.5 Å². The van der Waals surface area contributed by atoms with Crippen LogP contribution < -0.4 is 4.74 Å². The van der Waals surface area contributed by atoms with Crippen molar-refractivity contribution >= 4 is 5.78 Å². The molecule has 0 aromatic heterocycles. The van der Waals surface area contributed by atoms with E-state index in [0.717, 1.165) is 5.56 Å². The highest BCUT2D eigenvalue weighted by Crippen LogP contribution is 2.32. The van der Waals surface area contributed by atoms with E-state index in [0.29, 0.717) is 29.7 Å². The third-order valence-electron chi connectivity index (χ3n) is 3.27. The van der Waals surface area contributed by atoms with E-state index in [4.69, 9.17) is 4.74 Å². The van der Waals surface area contributed by atoms with Crippen molar-refractivity contribution in [3.63, 3.8) is 0 Å². The predicted octanol–water partition coefficient (Wildman–Crippen LogP) is 3.55. The highest BCUT2D eigenvalue weighted by Gasteiger charge is 2.14. The molecule has 0 aliphatic heterocycles. The standard InChI is InChI=1S/C18H18O3/c1-3-7-14-11-15(12-17(21-2)18(14)20)16(19)10-13-8-5-4-6-9-13/h3-6,8-9,11-12,20H,1,7,10H2,2H3. The molecule has 0 spiro atoms. The van der Waals surface area contributed by atoms with Crippen LogP contribution in [0.2, 0.25) is 0 Å². The summed E-state index contributed by atoms with van der Waals surface area (Å²) >= 11 is 0. The number of Topliss-reactive ketones (excluding diaryl/α,β-unsaturated/α-hetero) is 1. The van der Waals surface area contributed by atoms with E-state index in [1.807, 2.05) is 30.3 Å². The Morgan fingerprint density at radius 3 is 2.62 bits per heavy atom. The van der Waals surface area contributed by atoms with Gasteiger partial charge in [-0.15, -0.1) is 6.58 Å². The molecule has 2 rings (SSSR count). The minimum absolute atomic E-state index is 0.00943. The molecule has 3 heteroatoms. The molecule has 0 saturated heterocycles. The summed E-state index contributed by atoms with van der Waals surface area (Å²) in [6, 6.07) is 12.8. The number of hydrogen-bond donors (Lipinski definition) is 1. The molecule has 108 valence electrons. The average Bonchev–Trinajstić information content (AvgIpc) is 2.50. The summed E-state index contributed by atoms with van der Waals surface area (Å²) < 4.78 is 5.14. The number of phenols is 1. The van der Waals surface area contributed by atoms with E-state index in [2.05, 4.69) is 6.58 Å². The van der Waals surface area contributed by atoms with Gasteiger partial charge in [-0.3, -0.25) is 4.79 Å². The third kappa shape index (κ3) is 3.51. The topological polar surface area (TPSA) is 46.5 Å². The second kappa shape index (κ2) is 6.75. The number of ketones is 1. The van der Waals surface area contributed by atoms with Gasteiger partial charge in [0.15, 0.2) is 17.3 Å². The smallest absolute Gasteiger partial charge is 0.167 e. The molecular formula is C18H18O3. The Morgan fingerprint density at radius 2 is 2.00 bits per heavy atom. The lowest BCUT2D eigenvalue weighted by Gasteiger charge is -2.11. The van der Waals surface area contributed by atoms with Crippen molar-refractivity contribution in [2.45, 2.75) is 12.8 Å². The molecule has 0 aliphatic carbocycles. The molecule has 0 amide bonds. The van der Waals surface area contributed by atoms with E-state index < -0.39 is 0 Å². The number of aromatic hydroxyl groups is 1. The molecule has 3 nitrogen and oxygen atoms in total. The van der Waals surface area contributed by atoms with Crippen LogP contribution in [0.5, 0.6) is 11.5 Å². The van der Waals surface area contributed by atoms with Crippen molar-refractivity contribution < 1.29 is 14.6 Å². The molecule has 2 aromatic carbocycles. The fourth-order valence-electron chi connectivity index (χ4n) is 2.18. The van der Waals surface area contributed by atoms with Gasteiger partial charge >= 0.3 is 0 Å². The molecule has 0 saturated carbocycles. The number of methoxy groups -OCH3 is 1. The van der Waals surface area contributed by atoms with Gasteiger partial charge in [0.2, 0.25) is 0 Å². The van der Waals surface area contributed by atoms with Crippen molar-refractivity contribution in [1.29, 1.82) is 0 Å². The maximum absolute atomic E-state index is 12.4. The second-order valence-corrected chi connectivity index (χ2v) is 4.76. The average molecular weight is 282 g/mol. The minimum Gasteiger partial charge on any atom is -0.504 e. The Morgan fingerprint density at radius 1 is 1.29 bits per heavy atom. The number of hydrogen-bond acceptors (Lipinski definition) is 3. The quantitative estimate of drug-likeness (QED) is 0.651. The first-order chi connectivity index (χ1) is 10.2. The summed E-state index contributed by atoms with van der Waals surface area (Å²) in [5, 5.41) is 10.0. The van der Waals surface area contributed by atoms with E-state index in [1.54, 1.807) is 18.2 Å². The maximum atomic E-state index is 12.4. The molecule has 0 fully saturated rings. The second-order valence-electron chi connectivity index (χ2n) is 4.76. The molecular weight excluding hydrogens is 264 g/mol. The number of allylic oxidation sites excluding steroid dienone is 1. The van der Waals surface area contributed by atoms with Crippen LogP contribution in [0.25, 0.3) is 0 Å². The fourth-order valence-corrected chi connectivity index (χ4v) is 2.18. The molecule has 0 radical (unpaired) electrons. The van der Waals surface area contributed by atoms with Crippen molar-refractivity contribution in [1.82, 2.24) is 0 Å². The van der Waals surface area contributed by atoms with Crippen LogP contribution in [-0.4, -0.2) is 18.0 Å². The molecule has 0 heterocycles. The van der Waals surface area contributed by atoms with E-state index in [9.17, 15) is 9.90 Å². The summed E-state index contributed by atoms with van der Waals surface area (Å²) in [4.78, 5) is 12.4. The zero-order valence-electron chi connectivity index (χ0n) is 12.0. The third-order valence-corrected chi connectivity index (χ3v) is 3.27. The van der Waals surface area contributed by atoms with E-state index >= 15 is 0 Å². The number of phenolic OH excluding ortho intramolecular Hbond substituents is 1. The summed E-state index contributed by atoms with van der Waals surface area (Å²) in [5.74, 6) is 0.365. The molecule has 0 unspecified atom stereocenters. The minimum atomic E-state index is -0.00943. The van der Waals surface area contributed by atoms with Gasteiger partial charge in [0.25, 0.3) is 0 Å². The van der Waals surface area contributed by atoms with Crippen molar-refractivity contribution in [2.75, 3.05) is 7.11 Å². The number of rotatable bonds is 6. The molecule has 21 heavy (non-hydrogen) atoms. The summed E-state index contributed by atoms with van der Waals surface area (Å²) in [6.45, 7) is 3.66. The number of carbonyl (C=O) groups excluding carboxylic acids is 1. The summed E-state index contributed by atoms with van der Waals surface area (Å²) in [5.41, 5.74) is 2.13. The maximum Gasteiger partial charge on any atom is 0.167 e. The molecule has 1 N–H and O–H groups in total. The summed E-state index contributed by atoms with van der Waals surface area (Å²) in [6.07, 6.45) is 2.48. The Hall–Kier alpha value is -2.55. The van der Waals surface area contributed by atoms with Gasteiger partial charge in [-0.25, -0.2) is 0 Å². The Balaban J connectivity index is 2.32. The lowest BCUT2D eigenvalue weighted by Crippen LogP contribution is -2.05. The van der Waals surface area contributed by atoms with Crippen LogP contribution in [-0.2, 0) is 12.8 Å². The first kappa shape index (κ1) is 14.9. The van der Waals surface area contributed by atoms with Crippen LogP contribution >= 0.6 is 0 Å². The van der Waals surface area contributed by atoms with Crippen molar-refractivity contribution in [3.8, 4) is 11.5 Å². The van der Waals surface area contributed by atoms with Gasteiger partial charge in [-0.2, -0.15) is 0 Å². The first-order valence-corrected chi connectivity index (χ1v) is 6.73. The Labute approximate surface area is 124 Å². The van der Waals surface area contributed by atoms with Crippen LogP contribution in [0.15, 0.2) is 55.1 Å². The summed E-state index contributed by atoms with van der Waals surface area (Å²) in [7, 11) is 1.47. The van der Waals surface area contributed by atoms with Gasteiger partial charge in [0.05, 0.1) is 7.11 Å². The van der Waals surface area contributed by atoms with Crippen LogP contribution in [0.3, 0.4) is 0 Å². The highest BCUT2D eigenvalue weighted by atomic mass is 16.5. The van der Waals surface area contributed by atoms with Crippen molar-refractivity contribution in [3.05, 3.63) is 71.8 Å². The van der Waals surface area contributed by atoms with Crippen LogP contribution in [0.1, 0.15) is 21.5 Å². The van der Waals surface area contributed by atoms with Crippen molar-refractivity contribution in [2.24, 2.45) is 0 Å². The molecule has 2 aromatic rings. The van der Waals surface area contributed by atoms with E-state index in [-0.39, 0.29) is 11.5 Å². The highest BCUT2D eigenvalue weighted by molar-refractivity contribution is 5.98. The zero-order valence-corrected chi connectivity index (χ0v) is 12.0. The Bertz CT molecular complexity index is 645. The monoisotopic (exact) mass is 282 g/mol. The lowest BCUT2D eigenvalue weighted by atomic mass is 9.99. The Kier molecular flexibility index (Phi) is 4.77. The van der Waals surface area contributed by atoms with Gasteiger partial charge in [0.1, 0.15) is 0 Å². The SMILES string of the molecule is C=CCc1cc(C(=O)Cc2ccccc2)cc(OC)c1O. The van der Waals surface area contributed by atoms with E-state index in [1.165, 1.54) is 7.11 Å². The molecule has 0 aliphatic rings. The van der Waals surface area contributed by atoms with Gasteiger partial charge in [-0.1, -0.05) is 36.4 Å². The number of carbonyl (C=O) groups is 1. The van der Waals surface area contributed by atoms with Crippen LogP contribution in [0, 0.1) is 0 Å².